The predicted molar refractivity (Wildman–Crippen MR) is 91.6 cm³/mol. The van der Waals surface area contributed by atoms with Crippen molar-refractivity contribution in [3.8, 4) is 11.5 Å². The zero-order chi connectivity index (χ0) is 18.0. The topological polar surface area (TPSA) is 93.1 Å². The van der Waals surface area contributed by atoms with E-state index in [4.69, 9.17) is 4.74 Å². The molecule has 0 bridgehead atoms. The number of rotatable bonds is 4. The number of carbonyl (C=O) groups is 3. The van der Waals surface area contributed by atoms with E-state index >= 15 is 0 Å². The first kappa shape index (κ1) is 18.3. The molecule has 0 saturated carbocycles. The van der Waals surface area contributed by atoms with Gasteiger partial charge < -0.3 is 14.6 Å². The molecular formula is C15H14BrNO6S. The summed E-state index contributed by atoms with van der Waals surface area (Å²) >= 11 is 3.92. The van der Waals surface area contributed by atoms with E-state index in [1.54, 1.807) is 6.07 Å². The van der Waals surface area contributed by atoms with Crippen LogP contribution in [0.5, 0.6) is 11.5 Å². The van der Waals surface area contributed by atoms with E-state index in [0.717, 1.165) is 16.7 Å². The number of carbonyl (C=O) groups excluding carboxylic acids is 3. The second-order valence-electron chi connectivity index (χ2n) is 4.80. The van der Waals surface area contributed by atoms with Crippen molar-refractivity contribution in [1.29, 1.82) is 0 Å². The largest absolute Gasteiger partial charge is 0.503 e. The van der Waals surface area contributed by atoms with Gasteiger partial charge in [0.25, 0.3) is 11.1 Å². The number of imide groups is 1. The highest BCUT2D eigenvalue weighted by Crippen LogP contribution is 2.38. The molecule has 1 N–H and O–H groups in total. The lowest BCUT2D eigenvalue weighted by Crippen LogP contribution is -2.42. The van der Waals surface area contributed by atoms with Gasteiger partial charge >= 0.3 is 5.97 Å². The highest BCUT2D eigenvalue weighted by atomic mass is 79.9. The molecule has 1 heterocycles. The first-order valence-corrected chi connectivity index (χ1v) is 8.32. The average molecular weight is 416 g/mol. The van der Waals surface area contributed by atoms with Crippen molar-refractivity contribution in [2.45, 2.75) is 13.0 Å². The van der Waals surface area contributed by atoms with Crippen molar-refractivity contribution in [1.82, 2.24) is 4.90 Å². The van der Waals surface area contributed by atoms with Crippen LogP contribution in [0.25, 0.3) is 6.08 Å². The van der Waals surface area contributed by atoms with Crippen molar-refractivity contribution in [3.63, 3.8) is 0 Å². The Morgan fingerprint density at radius 2 is 2.04 bits per heavy atom. The molecule has 1 aromatic rings. The number of amides is 2. The third-order valence-electron chi connectivity index (χ3n) is 3.32. The van der Waals surface area contributed by atoms with Crippen LogP contribution in [0.3, 0.4) is 0 Å². The van der Waals surface area contributed by atoms with Gasteiger partial charge in [0, 0.05) is 0 Å². The summed E-state index contributed by atoms with van der Waals surface area (Å²) in [6.07, 6.45) is 1.49. The second-order valence-corrected chi connectivity index (χ2v) is 6.65. The zero-order valence-corrected chi connectivity index (χ0v) is 15.4. The average Bonchev–Trinajstić information content (AvgIpc) is 2.83. The molecule has 0 unspecified atom stereocenters. The van der Waals surface area contributed by atoms with E-state index < -0.39 is 23.2 Å². The molecule has 1 aliphatic rings. The van der Waals surface area contributed by atoms with Crippen LogP contribution < -0.4 is 4.74 Å². The molecular weight excluding hydrogens is 402 g/mol. The molecule has 0 aromatic heterocycles. The fourth-order valence-corrected chi connectivity index (χ4v) is 3.44. The molecule has 0 spiro atoms. The summed E-state index contributed by atoms with van der Waals surface area (Å²) in [4.78, 5) is 37.0. The minimum atomic E-state index is -1.01. The summed E-state index contributed by atoms with van der Waals surface area (Å²) in [5.74, 6) is -1.10. The number of benzene rings is 1. The molecule has 2 amide bonds. The number of methoxy groups -OCH3 is 2. The number of phenols is 1. The fourth-order valence-electron chi connectivity index (χ4n) is 2.07. The van der Waals surface area contributed by atoms with Crippen molar-refractivity contribution in [2.24, 2.45) is 0 Å². The Labute approximate surface area is 150 Å². The third kappa shape index (κ3) is 3.41. The predicted octanol–water partition coefficient (Wildman–Crippen LogP) is 2.76. The van der Waals surface area contributed by atoms with Crippen LogP contribution in [0.1, 0.15) is 12.5 Å². The smallest absolute Gasteiger partial charge is 0.328 e. The van der Waals surface area contributed by atoms with Crippen molar-refractivity contribution in [3.05, 3.63) is 27.1 Å². The van der Waals surface area contributed by atoms with Gasteiger partial charge in [-0.25, -0.2) is 4.79 Å². The van der Waals surface area contributed by atoms with E-state index in [-0.39, 0.29) is 16.4 Å². The number of hydrogen-bond acceptors (Lipinski definition) is 7. The van der Waals surface area contributed by atoms with Gasteiger partial charge in [-0.15, -0.1) is 0 Å². The number of thioether (sulfide) groups is 1. The van der Waals surface area contributed by atoms with Crippen LogP contribution in [-0.4, -0.2) is 47.4 Å². The molecule has 7 nitrogen and oxygen atoms in total. The van der Waals surface area contributed by atoms with E-state index in [9.17, 15) is 19.5 Å². The minimum Gasteiger partial charge on any atom is -0.503 e. The van der Waals surface area contributed by atoms with Crippen LogP contribution >= 0.6 is 27.7 Å². The molecule has 9 heteroatoms. The van der Waals surface area contributed by atoms with Crippen LogP contribution in [-0.2, 0) is 14.3 Å². The third-order valence-corrected chi connectivity index (χ3v) is 4.81. The normalized spacial score (nSPS) is 17.3. The minimum absolute atomic E-state index is 0.0675. The number of halogens is 1. The Hall–Kier alpha value is -2.00. The fraction of sp³-hybridized carbons (Fsp3) is 0.267. The number of phenolic OH excluding ortho intramolecular Hbond substituents is 1. The lowest BCUT2D eigenvalue weighted by molar-refractivity contribution is -0.148. The maximum absolute atomic E-state index is 12.4. The molecule has 24 heavy (non-hydrogen) atoms. The molecule has 0 aliphatic carbocycles. The monoisotopic (exact) mass is 415 g/mol. The highest BCUT2D eigenvalue weighted by Gasteiger charge is 2.41. The summed E-state index contributed by atoms with van der Waals surface area (Å²) < 4.78 is 10.00. The maximum atomic E-state index is 12.4. The van der Waals surface area contributed by atoms with Gasteiger partial charge in [-0.3, -0.25) is 14.5 Å². The molecule has 1 aromatic carbocycles. The van der Waals surface area contributed by atoms with Crippen molar-refractivity contribution in [2.75, 3.05) is 14.2 Å². The van der Waals surface area contributed by atoms with Crippen molar-refractivity contribution >= 4 is 50.9 Å². The number of esters is 1. The van der Waals surface area contributed by atoms with Crippen molar-refractivity contribution < 1.29 is 29.0 Å². The number of aromatic hydroxyl groups is 1. The molecule has 1 atom stereocenters. The highest BCUT2D eigenvalue weighted by molar-refractivity contribution is 9.10. The Morgan fingerprint density at radius 3 is 2.62 bits per heavy atom. The number of ether oxygens (including phenoxy) is 2. The van der Waals surface area contributed by atoms with Gasteiger partial charge in [-0.05, 0) is 58.4 Å². The quantitative estimate of drug-likeness (QED) is 0.596. The first-order chi connectivity index (χ1) is 11.3. The van der Waals surface area contributed by atoms with Crippen LogP contribution in [0.15, 0.2) is 21.5 Å². The van der Waals surface area contributed by atoms with E-state index in [2.05, 4.69) is 20.7 Å². The number of nitrogens with zero attached hydrogens (tertiary/aromatic N) is 1. The van der Waals surface area contributed by atoms with E-state index in [0.29, 0.717) is 10.0 Å². The number of hydrogen-bond donors (Lipinski definition) is 1. The molecule has 1 aliphatic heterocycles. The zero-order valence-electron chi connectivity index (χ0n) is 13.0. The molecule has 0 radical (unpaired) electrons. The molecule has 1 saturated heterocycles. The van der Waals surface area contributed by atoms with Crippen LogP contribution in [0.2, 0.25) is 0 Å². The van der Waals surface area contributed by atoms with Gasteiger partial charge in [-0.2, -0.15) is 0 Å². The lowest BCUT2D eigenvalue weighted by Gasteiger charge is -2.18. The van der Waals surface area contributed by atoms with Crippen LogP contribution in [0.4, 0.5) is 4.79 Å². The SMILES string of the molecule is COC(=O)[C@H](C)N1C(=O)S/C(=C\c2cc(Br)c(O)c(OC)c2)C1=O. The standard InChI is InChI=1S/C15H14BrNO6S/c1-7(14(20)23-3)17-13(19)11(24-15(17)21)6-8-4-9(16)12(18)10(5-8)22-2/h4-7,18H,1-3H3/b11-6-/t7-/m0/s1. The summed E-state index contributed by atoms with van der Waals surface area (Å²) in [6.45, 7) is 1.42. The Balaban J connectivity index is 2.36. The summed E-state index contributed by atoms with van der Waals surface area (Å²) in [7, 11) is 2.59. The van der Waals surface area contributed by atoms with Gasteiger partial charge in [0.2, 0.25) is 0 Å². The maximum Gasteiger partial charge on any atom is 0.328 e. The van der Waals surface area contributed by atoms with Crippen LogP contribution in [0, 0.1) is 0 Å². The molecule has 1 fully saturated rings. The summed E-state index contributed by atoms with van der Waals surface area (Å²) in [5, 5.41) is 9.25. The van der Waals surface area contributed by atoms with Gasteiger partial charge in [0.05, 0.1) is 23.6 Å². The van der Waals surface area contributed by atoms with E-state index in [1.807, 2.05) is 0 Å². The Kier molecular flexibility index (Phi) is 5.55. The Morgan fingerprint density at radius 1 is 1.38 bits per heavy atom. The van der Waals surface area contributed by atoms with Gasteiger partial charge in [-0.1, -0.05) is 0 Å². The first-order valence-electron chi connectivity index (χ1n) is 6.71. The molecule has 2 rings (SSSR count). The molecule has 128 valence electrons. The van der Waals surface area contributed by atoms with Gasteiger partial charge in [0.1, 0.15) is 6.04 Å². The van der Waals surface area contributed by atoms with Gasteiger partial charge in [0.15, 0.2) is 11.5 Å². The summed E-state index contributed by atoms with van der Waals surface area (Å²) in [5.41, 5.74) is 0.549. The Bertz CT molecular complexity index is 748. The van der Waals surface area contributed by atoms with E-state index in [1.165, 1.54) is 33.3 Å². The lowest BCUT2D eigenvalue weighted by atomic mass is 10.1. The summed E-state index contributed by atoms with van der Waals surface area (Å²) in [6, 6.07) is 2.10. The second kappa shape index (κ2) is 7.27.